The summed E-state index contributed by atoms with van der Waals surface area (Å²) in [5.74, 6) is -0.395. The highest BCUT2D eigenvalue weighted by Crippen LogP contribution is 2.17. The van der Waals surface area contributed by atoms with Crippen molar-refractivity contribution in [2.24, 2.45) is 0 Å². The molecule has 2 amide bonds. The first kappa shape index (κ1) is 18.3. The van der Waals surface area contributed by atoms with Gasteiger partial charge in [0.2, 0.25) is 11.8 Å². The monoisotopic (exact) mass is 339 g/mol. The van der Waals surface area contributed by atoms with Crippen LogP contribution in [0.15, 0.2) is 48.8 Å². The van der Waals surface area contributed by atoms with Crippen LogP contribution >= 0.6 is 0 Å². The van der Waals surface area contributed by atoms with Gasteiger partial charge in [0.1, 0.15) is 0 Å². The minimum Gasteiger partial charge on any atom is -0.352 e. The number of carbonyl (C=O) groups excluding carboxylic acids is 3. The first-order chi connectivity index (χ1) is 12.0. The number of amides is 2. The lowest BCUT2D eigenvalue weighted by Crippen LogP contribution is -2.33. The molecule has 0 radical (unpaired) electrons. The van der Waals surface area contributed by atoms with Gasteiger partial charge in [0.25, 0.3) is 0 Å². The molecule has 0 unspecified atom stereocenters. The van der Waals surface area contributed by atoms with Gasteiger partial charge in [-0.15, -0.1) is 0 Å². The van der Waals surface area contributed by atoms with E-state index in [0.717, 1.165) is 5.56 Å². The molecule has 0 atom stereocenters. The van der Waals surface area contributed by atoms with Crippen LogP contribution < -0.4 is 10.2 Å². The second kappa shape index (κ2) is 8.73. The predicted molar refractivity (Wildman–Crippen MR) is 95.2 cm³/mol. The Morgan fingerprint density at radius 2 is 1.80 bits per heavy atom. The third-order valence-electron chi connectivity index (χ3n) is 3.75. The summed E-state index contributed by atoms with van der Waals surface area (Å²) in [4.78, 5) is 40.9. The van der Waals surface area contributed by atoms with Crippen molar-refractivity contribution >= 4 is 23.3 Å². The fraction of sp³-hybridized carbons (Fsp3) is 0.263. The molecule has 0 saturated heterocycles. The Morgan fingerprint density at radius 3 is 2.44 bits per heavy atom. The van der Waals surface area contributed by atoms with Crippen molar-refractivity contribution in [1.29, 1.82) is 0 Å². The average Bonchev–Trinajstić information content (AvgIpc) is 2.61. The molecular formula is C19H21N3O3. The van der Waals surface area contributed by atoms with Gasteiger partial charge in [-0.05, 0) is 36.8 Å². The van der Waals surface area contributed by atoms with E-state index in [1.165, 1.54) is 18.7 Å². The maximum Gasteiger partial charge on any atom is 0.223 e. The average molecular weight is 339 g/mol. The molecule has 1 aromatic heterocycles. The van der Waals surface area contributed by atoms with Gasteiger partial charge in [-0.1, -0.05) is 12.1 Å². The summed E-state index contributed by atoms with van der Waals surface area (Å²) in [6.07, 6.45) is 3.51. The van der Waals surface area contributed by atoms with E-state index in [-0.39, 0.29) is 30.6 Å². The molecule has 6 nitrogen and oxygen atoms in total. The molecule has 1 aromatic carbocycles. The Balaban J connectivity index is 1.95. The van der Waals surface area contributed by atoms with Gasteiger partial charge < -0.3 is 10.2 Å². The number of Topliss-reactive ketones (excluding diaryl/α,β-unsaturated/α-hetero) is 1. The smallest absolute Gasteiger partial charge is 0.223 e. The molecule has 25 heavy (non-hydrogen) atoms. The van der Waals surface area contributed by atoms with Gasteiger partial charge >= 0.3 is 0 Å². The number of ketones is 1. The molecule has 0 saturated carbocycles. The number of benzene rings is 1. The molecule has 1 heterocycles. The molecule has 1 N–H and O–H groups in total. The molecule has 6 heteroatoms. The summed E-state index contributed by atoms with van der Waals surface area (Å²) in [6, 6.07) is 10.5. The van der Waals surface area contributed by atoms with Crippen molar-refractivity contribution in [3.8, 4) is 0 Å². The van der Waals surface area contributed by atoms with Crippen molar-refractivity contribution in [3.05, 3.63) is 59.9 Å². The highest BCUT2D eigenvalue weighted by atomic mass is 16.2. The van der Waals surface area contributed by atoms with Crippen molar-refractivity contribution < 1.29 is 14.4 Å². The zero-order valence-electron chi connectivity index (χ0n) is 14.4. The summed E-state index contributed by atoms with van der Waals surface area (Å²) in [5.41, 5.74) is 2.11. The summed E-state index contributed by atoms with van der Waals surface area (Å²) >= 11 is 0. The Morgan fingerprint density at radius 1 is 1.08 bits per heavy atom. The summed E-state index contributed by atoms with van der Waals surface area (Å²) in [5, 5.41) is 2.82. The Hall–Kier alpha value is -3.02. The van der Waals surface area contributed by atoms with E-state index < -0.39 is 0 Å². The van der Waals surface area contributed by atoms with Crippen LogP contribution in [0, 0.1) is 0 Å². The predicted octanol–water partition coefficient (Wildman–Crippen LogP) is 2.34. The highest BCUT2D eigenvalue weighted by molar-refractivity contribution is 5.97. The minimum atomic E-state index is -0.178. The van der Waals surface area contributed by atoms with Crippen molar-refractivity contribution in [2.45, 2.75) is 26.8 Å². The SMILES string of the molecule is CC(=O)c1cccc(N(CCC(=O)NCc2ccncc2)C(C)=O)c1. The van der Waals surface area contributed by atoms with E-state index in [0.29, 0.717) is 17.8 Å². The minimum absolute atomic E-state index is 0.0690. The first-order valence-electron chi connectivity index (χ1n) is 8.02. The second-order valence-corrected chi connectivity index (χ2v) is 5.66. The molecular weight excluding hydrogens is 318 g/mol. The largest absolute Gasteiger partial charge is 0.352 e. The molecule has 130 valence electrons. The van der Waals surface area contributed by atoms with E-state index in [1.54, 1.807) is 36.7 Å². The number of carbonyl (C=O) groups is 3. The molecule has 0 aliphatic rings. The van der Waals surface area contributed by atoms with Gasteiger partial charge in [0.15, 0.2) is 5.78 Å². The van der Waals surface area contributed by atoms with Gasteiger partial charge in [-0.2, -0.15) is 0 Å². The lowest BCUT2D eigenvalue weighted by Gasteiger charge is -2.21. The number of aromatic nitrogens is 1. The standard InChI is InChI=1S/C19H21N3O3/c1-14(23)17-4-3-5-18(12-17)22(15(2)24)11-8-19(25)21-13-16-6-9-20-10-7-16/h3-7,9-10,12H,8,11,13H2,1-2H3,(H,21,25). The normalized spacial score (nSPS) is 10.2. The quantitative estimate of drug-likeness (QED) is 0.785. The van der Waals surface area contributed by atoms with Crippen molar-refractivity contribution in [3.63, 3.8) is 0 Å². The third kappa shape index (κ3) is 5.53. The summed E-state index contributed by atoms with van der Waals surface area (Å²) < 4.78 is 0. The third-order valence-corrected chi connectivity index (χ3v) is 3.75. The summed E-state index contributed by atoms with van der Waals surface area (Å²) in [6.45, 7) is 3.58. The lowest BCUT2D eigenvalue weighted by molar-refractivity contribution is -0.121. The lowest BCUT2D eigenvalue weighted by atomic mass is 10.1. The second-order valence-electron chi connectivity index (χ2n) is 5.66. The summed E-state index contributed by atoms with van der Waals surface area (Å²) in [7, 11) is 0. The number of nitrogens with one attached hydrogen (secondary N) is 1. The molecule has 0 spiro atoms. The van der Waals surface area contributed by atoms with Crippen LogP contribution in [0.2, 0.25) is 0 Å². The fourth-order valence-electron chi connectivity index (χ4n) is 2.36. The molecule has 0 fully saturated rings. The van der Waals surface area contributed by atoms with E-state index in [9.17, 15) is 14.4 Å². The van der Waals surface area contributed by atoms with Crippen molar-refractivity contribution in [2.75, 3.05) is 11.4 Å². The van der Waals surface area contributed by atoms with Crippen LogP contribution in [-0.4, -0.2) is 29.1 Å². The Bertz CT molecular complexity index is 760. The number of nitrogens with zero attached hydrogens (tertiary/aromatic N) is 2. The Labute approximate surface area is 146 Å². The molecule has 2 rings (SSSR count). The van der Waals surface area contributed by atoms with E-state index in [1.807, 2.05) is 12.1 Å². The van der Waals surface area contributed by atoms with Crippen LogP contribution in [0.25, 0.3) is 0 Å². The maximum absolute atomic E-state index is 12.0. The number of pyridine rings is 1. The highest BCUT2D eigenvalue weighted by Gasteiger charge is 2.14. The van der Waals surface area contributed by atoms with E-state index >= 15 is 0 Å². The van der Waals surface area contributed by atoms with Gasteiger partial charge in [0, 0.05) is 50.1 Å². The zero-order valence-corrected chi connectivity index (χ0v) is 14.4. The Kier molecular flexibility index (Phi) is 6.39. The fourth-order valence-corrected chi connectivity index (χ4v) is 2.36. The van der Waals surface area contributed by atoms with E-state index in [4.69, 9.17) is 0 Å². The van der Waals surface area contributed by atoms with E-state index in [2.05, 4.69) is 10.3 Å². The van der Waals surface area contributed by atoms with Crippen molar-refractivity contribution in [1.82, 2.24) is 10.3 Å². The molecule has 0 aliphatic heterocycles. The van der Waals surface area contributed by atoms with Gasteiger partial charge in [-0.25, -0.2) is 0 Å². The molecule has 2 aromatic rings. The number of anilines is 1. The topological polar surface area (TPSA) is 79.4 Å². The number of hydrogen-bond acceptors (Lipinski definition) is 4. The van der Waals surface area contributed by atoms with Gasteiger partial charge in [-0.3, -0.25) is 19.4 Å². The molecule has 0 bridgehead atoms. The maximum atomic E-state index is 12.0. The van der Waals surface area contributed by atoms with Crippen LogP contribution in [0.5, 0.6) is 0 Å². The first-order valence-corrected chi connectivity index (χ1v) is 8.02. The van der Waals surface area contributed by atoms with Crippen LogP contribution in [-0.2, 0) is 16.1 Å². The van der Waals surface area contributed by atoms with Crippen LogP contribution in [0.4, 0.5) is 5.69 Å². The number of hydrogen-bond donors (Lipinski definition) is 1. The van der Waals surface area contributed by atoms with Crippen LogP contribution in [0.1, 0.15) is 36.2 Å². The molecule has 0 aliphatic carbocycles. The van der Waals surface area contributed by atoms with Crippen LogP contribution in [0.3, 0.4) is 0 Å². The van der Waals surface area contributed by atoms with Gasteiger partial charge in [0.05, 0.1) is 0 Å². The zero-order chi connectivity index (χ0) is 18.2. The number of rotatable bonds is 7.